The van der Waals surface area contributed by atoms with Gasteiger partial charge in [-0.25, -0.2) is 0 Å². The fourth-order valence-corrected chi connectivity index (χ4v) is 6.04. The number of hydrogen-bond acceptors (Lipinski definition) is 6. The number of halogens is 3. The average Bonchev–Trinajstić information content (AvgIpc) is 3.51. The van der Waals surface area contributed by atoms with Crippen LogP contribution in [0.15, 0.2) is 78.3 Å². The van der Waals surface area contributed by atoms with Gasteiger partial charge in [0.05, 0.1) is 17.3 Å². The summed E-state index contributed by atoms with van der Waals surface area (Å²) < 4.78 is 45.1. The van der Waals surface area contributed by atoms with E-state index in [4.69, 9.17) is 0 Å². The highest BCUT2D eigenvalue weighted by Gasteiger charge is 2.43. The summed E-state index contributed by atoms with van der Waals surface area (Å²) in [5, 5.41) is 8.54. The third kappa shape index (κ3) is 6.06. The summed E-state index contributed by atoms with van der Waals surface area (Å²) in [7, 11) is 1.94. The zero-order valence-corrected chi connectivity index (χ0v) is 25.1. The van der Waals surface area contributed by atoms with E-state index in [1.165, 1.54) is 6.08 Å². The van der Waals surface area contributed by atoms with E-state index in [9.17, 15) is 13.2 Å². The zero-order valence-electron chi connectivity index (χ0n) is 25.1. The number of rotatable bonds is 12. The first-order valence-electron chi connectivity index (χ1n) is 15.0. The van der Waals surface area contributed by atoms with Crippen LogP contribution < -0.4 is 4.90 Å². The van der Waals surface area contributed by atoms with Crippen LogP contribution in [0.3, 0.4) is 0 Å². The molecular weight excluding hydrogens is 539 g/mol. The van der Waals surface area contributed by atoms with Crippen molar-refractivity contribution in [3.63, 3.8) is 0 Å². The molecule has 1 aromatic heterocycles. The number of likely N-dealkylation sites (tertiary alicyclic amines) is 1. The van der Waals surface area contributed by atoms with Crippen molar-refractivity contribution in [1.29, 1.82) is 0 Å². The predicted octanol–water partition coefficient (Wildman–Crippen LogP) is 6.58. The molecule has 4 heterocycles. The van der Waals surface area contributed by atoms with Crippen LogP contribution >= 0.6 is 0 Å². The highest BCUT2D eigenvalue weighted by atomic mass is 19.4. The molecular formula is C32H42F3N7. The fraction of sp³-hybridized carbons (Fsp3) is 0.500. The molecule has 5 rings (SSSR count). The molecule has 1 saturated heterocycles. The maximum atomic E-state index is 14.4. The van der Waals surface area contributed by atoms with Crippen LogP contribution in [-0.4, -0.2) is 68.4 Å². The number of hydrogen-bond donors (Lipinski definition) is 0. The molecule has 0 saturated carbocycles. The first-order valence-corrected chi connectivity index (χ1v) is 15.0. The van der Waals surface area contributed by atoms with E-state index in [0.717, 1.165) is 68.9 Å². The van der Waals surface area contributed by atoms with E-state index >= 15 is 0 Å². The van der Waals surface area contributed by atoms with Gasteiger partial charge in [-0.2, -0.15) is 13.2 Å². The van der Waals surface area contributed by atoms with Crippen LogP contribution in [0.4, 0.5) is 18.9 Å². The van der Waals surface area contributed by atoms with Gasteiger partial charge in [0.1, 0.15) is 12.1 Å². The number of aromatic nitrogens is 3. The minimum absolute atomic E-state index is 0.0917. The molecule has 0 N–H and O–H groups in total. The summed E-state index contributed by atoms with van der Waals surface area (Å²) in [6.45, 7) is 14.7. The van der Waals surface area contributed by atoms with Gasteiger partial charge in [0.2, 0.25) is 0 Å². The smallest absolute Gasteiger partial charge is 0.319 e. The molecule has 42 heavy (non-hydrogen) atoms. The van der Waals surface area contributed by atoms with Gasteiger partial charge < -0.3 is 14.4 Å². The normalized spacial score (nSPS) is 18.7. The van der Waals surface area contributed by atoms with E-state index in [1.807, 2.05) is 36.0 Å². The van der Waals surface area contributed by atoms with Crippen LogP contribution in [0.2, 0.25) is 0 Å². The van der Waals surface area contributed by atoms with E-state index in [-0.39, 0.29) is 11.7 Å². The molecule has 0 radical (unpaired) electrons. The first-order chi connectivity index (χ1) is 20.1. The lowest BCUT2D eigenvalue weighted by Gasteiger charge is -2.44. The molecule has 3 aliphatic rings. The van der Waals surface area contributed by atoms with E-state index in [0.29, 0.717) is 23.9 Å². The number of aryl methyl sites for hydroxylation is 1. The quantitative estimate of drug-likeness (QED) is 0.264. The van der Waals surface area contributed by atoms with E-state index in [2.05, 4.69) is 53.4 Å². The van der Waals surface area contributed by atoms with Gasteiger partial charge in [-0.05, 0) is 54.8 Å². The lowest BCUT2D eigenvalue weighted by molar-refractivity contribution is -0.0909. The number of unbranched alkanes of at least 4 members (excludes halogenated alkanes) is 2. The lowest BCUT2D eigenvalue weighted by Crippen LogP contribution is -2.49. The summed E-state index contributed by atoms with van der Waals surface area (Å²) in [6.07, 6.45) is 6.24. The van der Waals surface area contributed by atoms with Crippen molar-refractivity contribution < 1.29 is 13.2 Å². The van der Waals surface area contributed by atoms with Gasteiger partial charge in [-0.1, -0.05) is 58.7 Å². The SMILES string of the molecule is C=C1N2C=C(CN(CC)CCCCC)C=C(C(F)(F)F)C2=CN1c1cccc(C(c2nncn2C)N2CC(CC)C2)c1. The molecule has 0 amide bonds. The maximum absolute atomic E-state index is 14.4. The van der Waals surface area contributed by atoms with Gasteiger partial charge in [-0.15, -0.1) is 10.2 Å². The number of nitrogens with zero attached hydrogens (tertiary/aromatic N) is 7. The molecule has 1 atom stereocenters. The lowest BCUT2D eigenvalue weighted by atomic mass is 9.92. The average molecular weight is 582 g/mol. The van der Waals surface area contributed by atoms with E-state index in [1.54, 1.807) is 22.3 Å². The topological polar surface area (TPSA) is 43.7 Å². The van der Waals surface area contributed by atoms with Crippen molar-refractivity contribution in [1.82, 2.24) is 29.5 Å². The third-order valence-corrected chi connectivity index (χ3v) is 8.59. The fourth-order valence-electron chi connectivity index (χ4n) is 6.04. The summed E-state index contributed by atoms with van der Waals surface area (Å²) in [4.78, 5) is 7.94. The van der Waals surface area contributed by atoms with Crippen molar-refractivity contribution in [2.24, 2.45) is 13.0 Å². The molecule has 10 heteroatoms. The molecule has 2 aromatic rings. The number of alkyl halides is 3. The highest BCUT2D eigenvalue weighted by Crippen LogP contribution is 2.44. The Morgan fingerprint density at radius 3 is 2.52 bits per heavy atom. The Bertz CT molecular complexity index is 1370. The summed E-state index contributed by atoms with van der Waals surface area (Å²) >= 11 is 0. The monoisotopic (exact) mass is 581 g/mol. The molecule has 1 fully saturated rings. The molecule has 7 nitrogen and oxygen atoms in total. The summed E-state index contributed by atoms with van der Waals surface area (Å²) in [5.74, 6) is 1.95. The molecule has 226 valence electrons. The van der Waals surface area contributed by atoms with Gasteiger partial charge >= 0.3 is 6.18 Å². The summed E-state index contributed by atoms with van der Waals surface area (Å²) in [6, 6.07) is 7.85. The predicted molar refractivity (Wildman–Crippen MR) is 160 cm³/mol. The number of anilines is 1. The van der Waals surface area contributed by atoms with Gasteiger partial charge in [0.25, 0.3) is 0 Å². The minimum atomic E-state index is -4.50. The van der Waals surface area contributed by atoms with E-state index < -0.39 is 11.7 Å². The Kier molecular flexibility index (Phi) is 8.94. The van der Waals surface area contributed by atoms with Gasteiger partial charge in [0.15, 0.2) is 5.82 Å². The van der Waals surface area contributed by atoms with Crippen LogP contribution in [0.1, 0.15) is 63.9 Å². The third-order valence-electron chi connectivity index (χ3n) is 8.59. The number of fused-ring (bicyclic) bond motifs is 1. The number of likely N-dealkylation sites (N-methyl/N-ethyl adjacent to an activating group) is 1. The molecule has 1 unspecified atom stereocenters. The molecule has 1 aromatic carbocycles. The van der Waals surface area contributed by atoms with Crippen LogP contribution in [0.25, 0.3) is 0 Å². The Balaban J connectivity index is 1.45. The Morgan fingerprint density at radius 2 is 1.88 bits per heavy atom. The van der Waals surface area contributed by atoms with Crippen molar-refractivity contribution in [3.8, 4) is 0 Å². The molecule has 0 bridgehead atoms. The number of allylic oxidation sites excluding steroid dienone is 1. The van der Waals surface area contributed by atoms with Gasteiger partial charge in [-0.3, -0.25) is 9.80 Å². The van der Waals surface area contributed by atoms with Crippen molar-refractivity contribution >= 4 is 5.69 Å². The maximum Gasteiger partial charge on any atom is 0.418 e. The molecule has 3 aliphatic heterocycles. The standard InChI is InChI=1S/C32H42F3N7/c1-6-9-10-14-39(8-3)17-25-15-28(32(33,34)35)29-21-41(23(4)42(29)20-25)27-13-11-12-26(16-27)30(31-37-36-22-38(31)5)40-18-24(7-2)19-40/h11-13,15-16,20-22,24,30H,4,6-10,14,17-19H2,1-3,5H3. The second-order valence-electron chi connectivity index (χ2n) is 11.5. The van der Waals surface area contributed by atoms with Crippen LogP contribution in [0, 0.1) is 5.92 Å². The van der Waals surface area contributed by atoms with Gasteiger partial charge in [0, 0.05) is 44.8 Å². The molecule has 0 aliphatic carbocycles. The Labute approximate surface area is 247 Å². The number of benzene rings is 1. The second-order valence-corrected chi connectivity index (χ2v) is 11.5. The van der Waals surface area contributed by atoms with Crippen molar-refractivity contribution in [2.45, 2.75) is 58.7 Å². The Hall–Kier alpha value is -3.37. The highest BCUT2D eigenvalue weighted by molar-refractivity contribution is 5.64. The molecule has 0 spiro atoms. The zero-order chi connectivity index (χ0) is 30.0. The largest absolute Gasteiger partial charge is 0.418 e. The van der Waals surface area contributed by atoms with Crippen LogP contribution in [0.5, 0.6) is 0 Å². The van der Waals surface area contributed by atoms with Crippen molar-refractivity contribution in [3.05, 3.63) is 89.7 Å². The first kappa shape index (κ1) is 30.1. The van der Waals surface area contributed by atoms with Crippen molar-refractivity contribution in [2.75, 3.05) is 37.6 Å². The van der Waals surface area contributed by atoms with Crippen LogP contribution in [-0.2, 0) is 7.05 Å². The second kappa shape index (κ2) is 12.5. The summed E-state index contributed by atoms with van der Waals surface area (Å²) in [5.41, 5.74) is 1.84. The Morgan fingerprint density at radius 1 is 1.10 bits per heavy atom. The minimum Gasteiger partial charge on any atom is -0.319 e.